The smallest absolute Gasteiger partial charge is 0.393 e. The zero-order valence-electron chi connectivity index (χ0n) is 14.4. The monoisotopic (exact) mass is 346 g/mol. The van der Waals surface area contributed by atoms with Crippen LogP contribution < -0.4 is 0 Å². The molecule has 0 aromatic heterocycles. The number of aliphatic hydroxyl groups excluding tert-OH is 1. The van der Waals surface area contributed by atoms with Gasteiger partial charge in [-0.15, -0.1) is 0 Å². The molecule has 138 valence electrons. The maximum Gasteiger partial charge on any atom is 0.417 e. The SMILES string of the molecule is C[C@]12CC[C@H]3[C@@H](CC[C@@H]4C[C@@](O)(C(F)(F)F)CC[C@@H]43)[C@@H]1CC[C@@H]2O. The summed E-state index contributed by atoms with van der Waals surface area (Å²) in [6, 6.07) is 0. The summed E-state index contributed by atoms with van der Waals surface area (Å²) in [4.78, 5) is 0. The third-order valence-electron chi connectivity index (χ3n) is 8.49. The maximum absolute atomic E-state index is 13.2. The van der Waals surface area contributed by atoms with Gasteiger partial charge in [0.25, 0.3) is 0 Å². The van der Waals surface area contributed by atoms with Crippen LogP contribution in [0.2, 0.25) is 0 Å². The minimum atomic E-state index is -4.50. The molecule has 0 unspecified atom stereocenters. The van der Waals surface area contributed by atoms with Crippen LogP contribution in [0.4, 0.5) is 13.2 Å². The van der Waals surface area contributed by atoms with E-state index in [2.05, 4.69) is 6.92 Å². The number of hydrogen-bond donors (Lipinski definition) is 2. The highest BCUT2D eigenvalue weighted by Crippen LogP contribution is 2.63. The van der Waals surface area contributed by atoms with E-state index in [1.165, 1.54) is 0 Å². The molecule has 0 bridgehead atoms. The zero-order valence-corrected chi connectivity index (χ0v) is 14.4. The van der Waals surface area contributed by atoms with Crippen LogP contribution >= 0.6 is 0 Å². The molecule has 0 heterocycles. The van der Waals surface area contributed by atoms with Crippen LogP contribution in [-0.4, -0.2) is 28.1 Å². The normalized spacial score (nSPS) is 54.8. The van der Waals surface area contributed by atoms with E-state index in [1.54, 1.807) is 0 Å². The summed E-state index contributed by atoms with van der Waals surface area (Å²) < 4.78 is 39.6. The zero-order chi connectivity index (χ0) is 17.3. The van der Waals surface area contributed by atoms with E-state index in [-0.39, 0.29) is 30.3 Å². The molecule has 0 saturated heterocycles. The number of hydrogen-bond acceptors (Lipinski definition) is 2. The van der Waals surface area contributed by atoms with Gasteiger partial charge in [-0.3, -0.25) is 0 Å². The van der Waals surface area contributed by atoms with Crippen molar-refractivity contribution in [2.45, 2.75) is 82.6 Å². The molecule has 0 aliphatic heterocycles. The molecule has 8 atom stereocenters. The summed E-state index contributed by atoms with van der Waals surface area (Å²) in [7, 11) is 0. The number of fused-ring (bicyclic) bond motifs is 5. The second-order valence-electron chi connectivity index (χ2n) is 9.35. The van der Waals surface area contributed by atoms with Crippen LogP contribution in [0.5, 0.6) is 0 Å². The van der Waals surface area contributed by atoms with Crippen LogP contribution in [0.3, 0.4) is 0 Å². The topological polar surface area (TPSA) is 40.5 Å². The highest BCUT2D eigenvalue weighted by atomic mass is 19.4. The highest BCUT2D eigenvalue weighted by molar-refractivity contribution is 5.07. The predicted octanol–water partition coefficient (Wildman–Crippen LogP) is 4.29. The van der Waals surface area contributed by atoms with Gasteiger partial charge in [-0.1, -0.05) is 6.92 Å². The molecule has 4 aliphatic rings. The van der Waals surface area contributed by atoms with Crippen LogP contribution in [0.25, 0.3) is 0 Å². The Bertz CT molecular complexity index is 507. The molecular formula is C19H29F3O2. The molecule has 2 nitrogen and oxygen atoms in total. The van der Waals surface area contributed by atoms with E-state index < -0.39 is 11.8 Å². The van der Waals surface area contributed by atoms with Crippen LogP contribution in [-0.2, 0) is 0 Å². The lowest BCUT2D eigenvalue weighted by molar-refractivity contribution is -0.282. The van der Waals surface area contributed by atoms with Crippen LogP contribution in [0.1, 0.15) is 64.7 Å². The second kappa shape index (κ2) is 5.35. The van der Waals surface area contributed by atoms with Crippen molar-refractivity contribution in [3.8, 4) is 0 Å². The fraction of sp³-hybridized carbons (Fsp3) is 1.00. The van der Waals surface area contributed by atoms with Gasteiger partial charge in [0.15, 0.2) is 5.60 Å². The van der Waals surface area contributed by atoms with Crippen LogP contribution in [0.15, 0.2) is 0 Å². The highest BCUT2D eigenvalue weighted by Gasteiger charge is 2.61. The van der Waals surface area contributed by atoms with Crippen molar-refractivity contribution < 1.29 is 23.4 Å². The molecule has 4 rings (SSSR count). The molecule has 2 N–H and O–H groups in total. The average molecular weight is 346 g/mol. The molecule has 0 aromatic carbocycles. The minimum Gasteiger partial charge on any atom is -0.393 e. The molecule has 4 fully saturated rings. The third-order valence-corrected chi connectivity index (χ3v) is 8.49. The Labute approximate surface area is 141 Å². The second-order valence-corrected chi connectivity index (χ2v) is 9.35. The van der Waals surface area contributed by atoms with Gasteiger partial charge in [-0.05, 0) is 92.8 Å². The molecule has 24 heavy (non-hydrogen) atoms. The first-order valence-electron chi connectivity index (χ1n) is 9.63. The molecule has 5 heteroatoms. The lowest BCUT2D eigenvalue weighted by atomic mass is 9.49. The van der Waals surface area contributed by atoms with Crippen molar-refractivity contribution in [2.75, 3.05) is 0 Å². The van der Waals surface area contributed by atoms with Crippen molar-refractivity contribution in [3.63, 3.8) is 0 Å². The van der Waals surface area contributed by atoms with E-state index >= 15 is 0 Å². The summed E-state index contributed by atoms with van der Waals surface area (Å²) in [5, 5.41) is 20.5. The number of rotatable bonds is 0. The van der Waals surface area contributed by atoms with Gasteiger partial charge in [0.05, 0.1) is 6.10 Å². The van der Waals surface area contributed by atoms with E-state index in [4.69, 9.17) is 0 Å². The molecule has 4 saturated carbocycles. The van der Waals surface area contributed by atoms with Gasteiger partial charge in [-0.25, -0.2) is 0 Å². The number of halogens is 3. The fourth-order valence-electron chi connectivity index (χ4n) is 7.11. The summed E-state index contributed by atoms with van der Waals surface area (Å²) in [6.45, 7) is 2.22. The van der Waals surface area contributed by atoms with E-state index in [0.717, 1.165) is 38.5 Å². The average Bonchev–Trinajstić information content (AvgIpc) is 2.81. The van der Waals surface area contributed by atoms with Crippen molar-refractivity contribution in [3.05, 3.63) is 0 Å². The third kappa shape index (κ3) is 2.29. The van der Waals surface area contributed by atoms with Gasteiger partial charge < -0.3 is 10.2 Å². The summed E-state index contributed by atoms with van der Waals surface area (Å²) >= 11 is 0. The summed E-state index contributed by atoms with van der Waals surface area (Å²) in [6.07, 6.45) is 1.36. The first kappa shape index (κ1) is 17.1. The number of aliphatic hydroxyl groups is 2. The van der Waals surface area contributed by atoms with E-state index in [1.807, 2.05) is 0 Å². The van der Waals surface area contributed by atoms with E-state index in [9.17, 15) is 23.4 Å². The fourth-order valence-corrected chi connectivity index (χ4v) is 7.11. The largest absolute Gasteiger partial charge is 0.417 e. The first-order chi connectivity index (χ1) is 11.2. The van der Waals surface area contributed by atoms with Crippen molar-refractivity contribution in [1.29, 1.82) is 0 Å². The Kier molecular flexibility index (Phi) is 3.82. The summed E-state index contributed by atoms with van der Waals surface area (Å²) in [5.74, 6) is 1.97. The molecule has 0 radical (unpaired) electrons. The Hall–Kier alpha value is -0.290. The van der Waals surface area contributed by atoms with Crippen molar-refractivity contribution >= 4 is 0 Å². The predicted molar refractivity (Wildman–Crippen MR) is 84.1 cm³/mol. The van der Waals surface area contributed by atoms with Crippen LogP contribution in [0, 0.1) is 35.0 Å². The Morgan fingerprint density at radius 1 is 0.875 bits per heavy atom. The lowest BCUT2D eigenvalue weighted by Gasteiger charge is -2.56. The van der Waals surface area contributed by atoms with Gasteiger partial charge in [0.2, 0.25) is 0 Å². The van der Waals surface area contributed by atoms with Crippen molar-refractivity contribution in [1.82, 2.24) is 0 Å². The maximum atomic E-state index is 13.2. The summed E-state index contributed by atoms with van der Waals surface area (Å²) in [5.41, 5.74) is -2.44. The van der Waals surface area contributed by atoms with Gasteiger partial charge in [0.1, 0.15) is 0 Å². The van der Waals surface area contributed by atoms with Gasteiger partial charge in [0, 0.05) is 0 Å². The Morgan fingerprint density at radius 3 is 2.29 bits per heavy atom. The van der Waals surface area contributed by atoms with Crippen molar-refractivity contribution in [2.24, 2.45) is 35.0 Å². The Morgan fingerprint density at radius 2 is 1.58 bits per heavy atom. The standard InChI is InChI=1S/C19H29F3O2/c1-17-8-6-13-12-7-9-18(24,19(20,21)22)10-11(12)2-3-14(13)15(17)4-5-16(17)23/h11-16,23-24H,2-10H2,1H3/t11-,12+,13-,14-,15+,16+,17+,18-/m1/s1. The minimum absolute atomic E-state index is 0.0160. The van der Waals surface area contributed by atoms with Gasteiger partial charge in [-0.2, -0.15) is 13.2 Å². The molecule has 4 aliphatic carbocycles. The molecule has 0 aromatic rings. The quantitative estimate of drug-likeness (QED) is 0.687. The number of alkyl halides is 3. The first-order valence-corrected chi connectivity index (χ1v) is 9.63. The van der Waals surface area contributed by atoms with Gasteiger partial charge >= 0.3 is 6.18 Å². The Balaban J connectivity index is 1.53. The lowest BCUT2D eigenvalue weighted by Crippen LogP contribution is -2.55. The van der Waals surface area contributed by atoms with E-state index in [0.29, 0.717) is 30.1 Å². The molecule has 0 amide bonds. The molecule has 0 spiro atoms. The molecular weight excluding hydrogens is 317 g/mol.